The van der Waals surface area contributed by atoms with Crippen LogP contribution in [0.15, 0.2) is 24.3 Å². The number of rotatable bonds is 9. The summed E-state index contributed by atoms with van der Waals surface area (Å²) < 4.78 is 4.67. The second kappa shape index (κ2) is 9.83. The van der Waals surface area contributed by atoms with Gasteiger partial charge in [-0.15, -0.1) is 11.8 Å². The Morgan fingerprint density at radius 2 is 2.00 bits per heavy atom. The topological polar surface area (TPSA) is 38.3 Å². The smallest absolute Gasteiger partial charge is 0.315 e. The Hall–Kier alpha value is -1.00. The van der Waals surface area contributed by atoms with Crippen LogP contribution in [0.1, 0.15) is 37.4 Å². The molecule has 0 aliphatic rings. The molecule has 1 N–H and O–H groups in total. The van der Waals surface area contributed by atoms with Gasteiger partial charge in [-0.25, -0.2) is 0 Å². The van der Waals surface area contributed by atoms with Crippen LogP contribution in [0.4, 0.5) is 0 Å². The first-order valence-electron chi connectivity index (χ1n) is 7.18. The molecule has 1 aromatic rings. The van der Waals surface area contributed by atoms with Crippen molar-refractivity contribution in [3.05, 3.63) is 35.4 Å². The van der Waals surface area contributed by atoms with Gasteiger partial charge in [0.25, 0.3) is 0 Å². The summed E-state index contributed by atoms with van der Waals surface area (Å²) in [7, 11) is 1.43. The van der Waals surface area contributed by atoms with Crippen molar-refractivity contribution in [2.45, 2.75) is 32.7 Å². The summed E-state index contributed by atoms with van der Waals surface area (Å²) in [6, 6.07) is 9.02. The molecule has 0 bridgehead atoms. The van der Waals surface area contributed by atoms with E-state index in [1.54, 1.807) is 11.8 Å². The van der Waals surface area contributed by atoms with Crippen LogP contribution in [0.25, 0.3) is 0 Å². The van der Waals surface area contributed by atoms with Crippen molar-refractivity contribution in [3.8, 4) is 0 Å². The Balaban J connectivity index is 2.59. The van der Waals surface area contributed by atoms with Gasteiger partial charge in [0.05, 0.1) is 12.9 Å². The first-order valence-corrected chi connectivity index (χ1v) is 8.33. The molecular formula is C16H25NO2S. The van der Waals surface area contributed by atoms with Crippen LogP contribution in [0.2, 0.25) is 0 Å². The second-order valence-electron chi connectivity index (χ2n) is 4.69. The lowest BCUT2D eigenvalue weighted by molar-refractivity contribution is -0.137. The Morgan fingerprint density at radius 3 is 2.55 bits per heavy atom. The Bertz CT molecular complexity index is 392. The summed E-state index contributed by atoms with van der Waals surface area (Å²) in [5, 5.41) is 3.54. The second-order valence-corrected chi connectivity index (χ2v) is 5.72. The van der Waals surface area contributed by atoms with E-state index < -0.39 is 0 Å². The molecule has 20 heavy (non-hydrogen) atoms. The number of esters is 1. The van der Waals surface area contributed by atoms with Gasteiger partial charge in [0.2, 0.25) is 0 Å². The van der Waals surface area contributed by atoms with Gasteiger partial charge in [0.1, 0.15) is 0 Å². The summed E-state index contributed by atoms with van der Waals surface area (Å²) in [4.78, 5) is 11.2. The number of carbonyl (C=O) groups excluding carboxylic acids is 1. The Labute approximate surface area is 126 Å². The van der Waals surface area contributed by atoms with Gasteiger partial charge in [-0.2, -0.15) is 0 Å². The molecule has 0 aromatic heterocycles. The van der Waals surface area contributed by atoms with Crippen LogP contribution < -0.4 is 5.32 Å². The van der Waals surface area contributed by atoms with Gasteiger partial charge in [0.15, 0.2) is 0 Å². The van der Waals surface area contributed by atoms with Crippen LogP contribution in [0.3, 0.4) is 0 Å². The molecule has 0 amide bonds. The summed E-state index contributed by atoms with van der Waals surface area (Å²) in [6.45, 7) is 5.30. The minimum Gasteiger partial charge on any atom is -0.468 e. The number of hydrogen-bond acceptors (Lipinski definition) is 4. The predicted molar refractivity (Wildman–Crippen MR) is 86.2 cm³/mol. The molecule has 0 saturated carbocycles. The van der Waals surface area contributed by atoms with Crippen LogP contribution in [-0.2, 0) is 16.0 Å². The summed E-state index contributed by atoms with van der Waals surface area (Å²) >= 11 is 1.61. The van der Waals surface area contributed by atoms with Crippen LogP contribution in [-0.4, -0.2) is 31.1 Å². The molecule has 0 spiro atoms. The average molecular weight is 295 g/mol. The van der Waals surface area contributed by atoms with E-state index in [0.717, 1.165) is 25.1 Å². The van der Waals surface area contributed by atoms with Crippen LogP contribution >= 0.6 is 11.8 Å². The van der Waals surface area contributed by atoms with E-state index >= 15 is 0 Å². The van der Waals surface area contributed by atoms with Crippen molar-refractivity contribution in [2.75, 3.05) is 25.2 Å². The third kappa shape index (κ3) is 5.97. The molecule has 0 heterocycles. The fourth-order valence-electron chi connectivity index (χ4n) is 1.90. The lowest BCUT2D eigenvalue weighted by Gasteiger charge is -2.19. The van der Waals surface area contributed by atoms with E-state index in [0.29, 0.717) is 5.75 Å². The van der Waals surface area contributed by atoms with Crippen molar-refractivity contribution in [1.29, 1.82) is 0 Å². The minimum absolute atomic E-state index is 0.162. The Morgan fingerprint density at radius 1 is 1.30 bits per heavy atom. The maximum atomic E-state index is 11.2. The zero-order valence-corrected chi connectivity index (χ0v) is 13.5. The molecule has 4 heteroatoms. The number of carbonyl (C=O) groups is 1. The van der Waals surface area contributed by atoms with E-state index in [-0.39, 0.29) is 12.0 Å². The van der Waals surface area contributed by atoms with E-state index in [4.69, 9.17) is 0 Å². The fourth-order valence-corrected chi connectivity index (χ4v) is 2.84. The van der Waals surface area contributed by atoms with Crippen molar-refractivity contribution in [2.24, 2.45) is 0 Å². The number of aryl methyl sites for hydroxylation is 1. The molecule has 0 radical (unpaired) electrons. The lowest BCUT2D eigenvalue weighted by atomic mass is 10.0. The van der Waals surface area contributed by atoms with Crippen LogP contribution in [0.5, 0.6) is 0 Å². The molecule has 1 rings (SSSR count). The first-order chi connectivity index (χ1) is 9.71. The molecule has 1 aromatic carbocycles. The van der Waals surface area contributed by atoms with Crippen molar-refractivity contribution in [1.82, 2.24) is 5.32 Å². The Kier molecular flexibility index (Phi) is 8.38. The largest absolute Gasteiger partial charge is 0.468 e. The van der Waals surface area contributed by atoms with Crippen molar-refractivity contribution < 1.29 is 9.53 Å². The number of ether oxygens (including phenoxy) is 1. The van der Waals surface area contributed by atoms with E-state index in [1.165, 1.54) is 18.2 Å². The third-order valence-corrected chi connectivity index (χ3v) is 4.17. The zero-order chi connectivity index (χ0) is 14.8. The number of nitrogens with one attached hydrogen (secondary N) is 1. The molecule has 1 atom stereocenters. The normalized spacial score (nSPS) is 12.2. The maximum absolute atomic E-state index is 11.2. The summed E-state index contributed by atoms with van der Waals surface area (Å²) in [6.07, 6.45) is 2.16. The van der Waals surface area contributed by atoms with Gasteiger partial charge in [0, 0.05) is 11.8 Å². The lowest BCUT2D eigenvalue weighted by Crippen LogP contribution is -2.24. The highest BCUT2D eigenvalue weighted by atomic mass is 32.2. The number of methoxy groups -OCH3 is 1. The standard InChI is InChI=1S/C16H25NO2S/c1-4-10-17-15(11-20-12-16(18)19-3)14-8-6-13(5-2)7-9-14/h6-9,15,17H,4-5,10-12H2,1-3H3. The molecular weight excluding hydrogens is 270 g/mol. The molecule has 0 saturated heterocycles. The maximum Gasteiger partial charge on any atom is 0.315 e. The minimum atomic E-state index is -0.162. The van der Waals surface area contributed by atoms with E-state index in [2.05, 4.69) is 48.2 Å². The van der Waals surface area contributed by atoms with E-state index in [9.17, 15) is 4.79 Å². The van der Waals surface area contributed by atoms with Gasteiger partial charge < -0.3 is 10.1 Å². The van der Waals surface area contributed by atoms with E-state index in [1.807, 2.05) is 0 Å². The quantitative estimate of drug-likeness (QED) is 0.710. The number of thioether (sulfide) groups is 1. The fraction of sp³-hybridized carbons (Fsp3) is 0.562. The van der Waals surface area contributed by atoms with Crippen molar-refractivity contribution >= 4 is 17.7 Å². The molecule has 112 valence electrons. The average Bonchev–Trinajstić information content (AvgIpc) is 2.50. The van der Waals surface area contributed by atoms with Gasteiger partial charge in [-0.1, -0.05) is 38.1 Å². The monoisotopic (exact) mass is 295 g/mol. The highest BCUT2D eigenvalue weighted by Crippen LogP contribution is 2.19. The first kappa shape index (κ1) is 17.1. The molecule has 0 aliphatic heterocycles. The summed E-state index contributed by atoms with van der Waals surface area (Å²) in [5.41, 5.74) is 2.64. The van der Waals surface area contributed by atoms with Gasteiger partial charge >= 0.3 is 5.97 Å². The highest BCUT2D eigenvalue weighted by molar-refractivity contribution is 7.99. The van der Waals surface area contributed by atoms with Gasteiger partial charge in [-0.05, 0) is 30.5 Å². The molecule has 0 aliphatic carbocycles. The van der Waals surface area contributed by atoms with Crippen LogP contribution in [0, 0.1) is 0 Å². The third-order valence-electron chi connectivity index (χ3n) is 3.16. The number of hydrogen-bond donors (Lipinski definition) is 1. The SMILES string of the molecule is CCCNC(CSCC(=O)OC)c1ccc(CC)cc1. The summed E-state index contributed by atoms with van der Waals surface area (Å²) in [5.74, 6) is 1.12. The zero-order valence-electron chi connectivity index (χ0n) is 12.6. The number of benzene rings is 1. The highest BCUT2D eigenvalue weighted by Gasteiger charge is 2.12. The molecule has 1 unspecified atom stereocenters. The van der Waals surface area contributed by atoms with Gasteiger partial charge in [-0.3, -0.25) is 4.79 Å². The predicted octanol–water partition coefficient (Wildman–Crippen LogP) is 3.20. The molecule has 3 nitrogen and oxygen atoms in total. The molecule has 0 fully saturated rings. The van der Waals surface area contributed by atoms with Crippen molar-refractivity contribution in [3.63, 3.8) is 0 Å².